The molecule has 0 radical (unpaired) electrons. The molecule has 0 atom stereocenters. The Morgan fingerprint density at radius 1 is 0.463 bits per heavy atom. The van der Waals surface area contributed by atoms with Gasteiger partial charge in [0.2, 0.25) is 0 Å². The number of nitrogens with zero attached hydrogens (tertiary/aromatic N) is 4. The predicted octanol–water partition coefficient (Wildman–Crippen LogP) is 15.1. The van der Waals surface area contributed by atoms with Crippen LogP contribution in [0.15, 0.2) is 218 Å². The Morgan fingerprint density at radius 3 is 1.70 bits per heavy atom. The van der Waals surface area contributed by atoms with Crippen LogP contribution in [0.2, 0.25) is 0 Å². The first-order valence-electron chi connectivity index (χ1n) is 23.5. The van der Waals surface area contributed by atoms with E-state index in [9.17, 15) is 0 Å². The number of rotatable bonds is 7. The Balaban J connectivity index is 1.19. The van der Waals surface area contributed by atoms with Crippen molar-refractivity contribution in [1.29, 1.82) is 0 Å². The maximum absolute atomic E-state index is 2.70. The molecule has 11 aromatic rings. The minimum absolute atomic E-state index is 0.129. The van der Waals surface area contributed by atoms with Crippen LogP contribution in [0.25, 0.3) is 49.4 Å². The summed E-state index contributed by atoms with van der Waals surface area (Å²) < 4.78 is 2.70. The molecule has 0 saturated carbocycles. The van der Waals surface area contributed by atoms with E-state index < -0.39 is 0 Å². The predicted molar refractivity (Wildman–Crippen MR) is 284 cm³/mol. The van der Waals surface area contributed by atoms with E-state index in [1.807, 2.05) is 0 Å². The van der Waals surface area contributed by atoms with Gasteiger partial charge in [-0.2, -0.15) is 0 Å². The normalized spacial score (nSPS) is 13.7. The van der Waals surface area contributed by atoms with E-state index in [1.54, 1.807) is 0 Å². The van der Waals surface area contributed by atoms with Crippen molar-refractivity contribution < 1.29 is 0 Å². The summed E-state index contributed by atoms with van der Waals surface area (Å²) in [5.74, 6) is 0. The van der Waals surface area contributed by atoms with E-state index in [4.69, 9.17) is 0 Å². The van der Waals surface area contributed by atoms with Gasteiger partial charge in [0, 0.05) is 67.2 Å². The van der Waals surface area contributed by atoms with E-state index in [0.29, 0.717) is 0 Å². The lowest BCUT2D eigenvalue weighted by Gasteiger charge is -2.45. The topological polar surface area (TPSA) is 14.7 Å². The summed E-state index contributed by atoms with van der Waals surface area (Å²) in [6.45, 7) is 6.94. The second-order valence-corrected chi connectivity index (χ2v) is 19.0. The van der Waals surface area contributed by atoms with Gasteiger partial charge in [-0.25, -0.2) is 0 Å². The fourth-order valence-corrected chi connectivity index (χ4v) is 12.0. The molecule has 316 valence electrons. The molecule has 0 aliphatic carbocycles. The lowest BCUT2D eigenvalue weighted by atomic mass is 9.43. The minimum atomic E-state index is -0.280. The maximum atomic E-state index is 2.70. The van der Waals surface area contributed by atoms with Crippen molar-refractivity contribution in [2.24, 2.45) is 0 Å². The summed E-state index contributed by atoms with van der Waals surface area (Å²) in [6.07, 6.45) is 0. The fourth-order valence-electron chi connectivity index (χ4n) is 12.0. The van der Waals surface area contributed by atoms with Crippen LogP contribution in [0.3, 0.4) is 0 Å². The molecule has 10 aromatic carbocycles. The molecule has 4 nitrogen and oxygen atoms in total. The highest BCUT2D eigenvalue weighted by Crippen LogP contribution is 2.56. The third-order valence-electron chi connectivity index (χ3n) is 14.9. The van der Waals surface area contributed by atoms with Gasteiger partial charge >= 0.3 is 6.85 Å². The highest BCUT2D eigenvalue weighted by Gasteiger charge is 2.49. The van der Waals surface area contributed by atoms with E-state index in [0.717, 1.165) is 28.4 Å². The summed E-state index contributed by atoms with van der Waals surface area (Å²) in [5.41, 5.74) is 21.8. The molecule has 3 aliphatic rings. The molecule has 0 unspecified atom stereocenters. The second-order valence-electron chi connectivity index (χ2n) is 19.0. The lowest BCUT2D eigenvalue weighted by Crippen LogP contribution is -2.61. The Morgan fingerprint density at radius 2 is 1.06 bits per heavy atom. The number of hydrogen-bond acceptors (Lipinski definition) is 3. The molecule has 0 N–H and O–H groups in total. The molecule has 3 aliphatic heterocycles. The summed E-state index contributed by atoms with van der Waals surface area (Å²) in [7, 11) is 0. The van der Waals surface area contributed by atoms with Gasteiger partial charge in [0.15, 0.2) is 0 Å². The van der Waals surface area contributed by atoms with Crippen molar-refractivity contribution in [3.63, 3.8) is 0 Å². The first-order valence-corrected chi connectivity index (χ1v) is 23.5. The Bertz CT molecular complexity index is 3710. The van der Waals surface area contributed by atoms with Gasteiger partial charge in [-0.3, -0.25) is 0 Å². The van der Waals surface area contributed by atoms with Crippen molar-refractivity contribution in [2.45, 2.75) is 26.2 Å². The summed E-state index contributed by atoms with van der Waals surface area (Å²) in [5, 5.41) is 5.14. The van der Waals surface area contributed by atoms with Gasteiger partial charge in [0.1, 0.15) is 0 Å². The van der Waals surface area contributed by atoms with Gasteiger partial charge in [0.25, 0.3) is 0 Å². The minimum Gasteiger partial charge on any atom is -0.376 e. The zero-order valence-electron chi connectivity index (χ0n) is 37.7. The van der Waals surface area contributed by atoms with Crippen LogP contribution >= 0.6 is 0 Å². The van der Waals surface area contributed by atoms with Gasteiger partial charge in [-0.1, -0.05) is 153 Å². The van der Waals surface area contributed by atoms with Crippen molar-refractivity contribution in [2.75, 3.05) is 14.6 Å². The molecule has 5 heteroatoms. The fraction of sp³-hybridized carbons (Fsp3) is 0.0645. The number of para-hydroxylation sites is 5. The molecule has 4 heterocycles. The van der Waals surface area contributed by atoms with Gasteiger partial charge in [-0.05, 0) is 130 Å². The van der Waals surface area contributed by atoms with E-state index in [1.165, 1.54) is 94.1 Å². The molecule has 0 spiro atoms. The molecule has 1 aromatic heterocycles. The van der Waals surface area contributed by atoms with E-state index in [2.05, 4.69) is 258 Å². The molecular formula is C62H45BN4. The number of benzene rings is 10. The average molecular weight is 857 g/mol. The van der Waals surface area contributed by atoms with Gasteiger partial charge in [0.05, 0.1) is 16.7 Å². The van der Waals surface area contributed by atoms with Crippen LogP contribution in [0.4, 0.5) is 45.5 Å². The Kier molecular flexibility index (Phi) is 8.01. The van der Waals surface area contributed by atoms with Crippen LogP contribution < -0.4 is 25.5 Å². The molecule has 0 fully saturated rings. The van der Waals surface area contributed by atoms with Gasteiger partial charge < -0.3 is 19.2 Å². The maximum Gasteiger partial charge on any atom is 0.333 e. The molecule has 0 saturated heterocycles. The zero-order valence-corrected chi connectivity index (χ0v) is 37.7. The quantitative estimate of drug-likeness (QED) is 0.148. The number of aryl methyl sites for hydroxylation is 1. The standard InChI is InChI=1S/C62H45BN4/c1-40-31-33-46(34-32-40)67-54-38-47(64(42-20-8-4-9-21-42)43-22-10-5-11-23-43)35-36-49(54)50-39-55(65(44-24-12-6-13-25-44)45-26-14-7-15-27-45)57-56-48-28-17-16-19-41(48)37-52-60(56)66-59-51(62(52,2)3)29-18-30-53(59)63(67)58(50)61(57)66/h4-39H,1-3H3. The molecule has 67 heavy (non-hydrogen) atoms. The van der Waals surface area contributed by atoms with Crippen LogP contribution in [-0.4, -0.2) is 11.4 Å². The number of aromatic nitrogens is 1. The smallest absolute Gasteiger partial charge is 0.333 e. The Hall–Kier alpha value is -8.28. The third-order valence-corrected chi connectivity index (χ3v) is 14.9. The summed E-state index contributed by atoms with van der Waals surface area (Å²) in [6, 6.07) is 81.1. The van der Waals surface area contributed by atoms with Gasteiger partial charge in [-0.15, -0.1) is 0 Å². The average Bonchev–Trinajstić information content (AvgIpc) is 3.74. The van der Waals surface area contributed by atoms with Crippen LogP contribution in [0.1, 0.15) is 30.5 Å². The van der Waals surface area contributed by atoms with Crippen molar-refractivity contribution in [1.82, 2.24) is 4.57 Å². The second kappa shape index (κ2) is 14.1. The van der Waals surface area contributed by atoms with Crippen molar-refractivity contribution in [3.8, 4) is 16.8 Å². The lowest BCUT2D eigenvalue weighted by molar-refractivity contribution is 0.632. The number of anilines is 8. The van der Waals surface area contributed by atoms with E-state index >= 15 is 0 Å². The SMILES string of the molecule is Cc1ccc(N2B3c4cccc5c4-n4c6c3c(cc(N(c3ccccc3)c3ccccc3)c6c3c6ccccc6cc(c34)C5(C)C)-c3ccc(N(c4ccccc4)c4ccccc4)cc32)cc1. The molecule has 14 rings (SSSR count). The number of fused-ring (bicyclic) bond motifs is 6. The first-order chi connectivity index (χ1) is 33.0. The van der Waals surface area contributed by atoms with Crippen molar-refractivity contribution in [3.05, 3.63) is 235 Å². The number of hydrogen-bond donors (Lipinski definition) is 0. The molecular weight excluding hydrogens is 812 g/mol. The van der Waals surface area contributed by atoms with Crippen LogP contribution in [0, 0.1) is 6.92 Å². The Labute approximate surface area is 391 Å². The molecule has 0 amide bonds. The largest absolute Gasteiger partial charge is 0.376 e. The summed E-state index contributed by atoms with van der Waals surface area (Å²) in [4.78, 5) is 7.56. The monoisotopic (exact) mass is 856 g/mol. The van der Waals surface area contributed by atoms with Crippen LogP contribution in [-0.2, 0) is 5.41 Å². The first kappa shape index (κ1) is 38.0. The van der Waals surface area contributed by atoms with E-state index in [-0.39, 0.29) is 12.3 Å². The highest BCUT2D eigenvalue weighted by molar-refractivity contribution is 6.94. The van der Waals surface area contributed by atoms with Crippen molar-refractivity contribution >= 4 is 95.9 Å². The molecule has 0 bridgehead atoms. The zero-order chi connectivity index (χ0) is 44.5. The van der Waals surface area contributed by atoms with Crippen LogP contribution in [0.5, 0.6) is 0 Å². The highest BCUT2D eigenvalue weighted by atomic mass is 15.2. The summed E-state index contributed by atoms with van der Waals surface area (Å²) >= 11 is 0. The third kappa shape index (κ3) is 5.31.